The lowest BCUT2D eigenvalue weighted by atomic mass is 9.49. The van der Waals surface area contributed by atoms with Crippen LogP contribution in [0.3, 0.4) is 0 Å². The van der Waals surface area contributed by atoms with Crippen LogP contribution in [0.2, 0.25) is 0 Å². The van der Waals surface area contributed by atoms with Crippen LogP contribution in [0.4, 0.5) is 5.69 Å². The Morgan fingerprint density at radius 2 is 1.55 bits per heavy atom. The van der Waals surface area contributed by atoms with Crippen LogP contribution < -0.4 is 10.2 Å². The van der Waals surface area contributed by atoms with Crippen LogP contribution in [-0.4, -0.2) is 45.3 Å². The second-order valence-corrected chi connectivity index (χ2v) is 14.0. The molecule has 3 fully saturated rings. The number of allylic oxidation sites excluding steroid dienone is 2. The number of carbonyl (C=O) groups excluding carboxylic acids is 4. The lowest BCUT2D eigenvalue weighted by molar-refractivity contribution is -0.142. The molecule has 9 nitrogen and oxygen atoms in total. The van der Waals surface area contributed by atoms with Gasteiger partial charge >= 0.3 is 0 Å². The van der Waals surface area contributed by atoms with E-state index in [9.17, 15) is 19.5 Å². The summed E-state index contributed by atoms with van der Waals surface area (Å²) < 4.78 is 5.83. The molecule has 4 amide bonds. The van der Waals surface area contributed by atoms with Crippen LogP contribution in [0.15, 0.2) is 115 Å². The maximum atomic E-state index is 15.3. The Kier molecular flexibility index (Phi) is 8.01. The molecule has 2 N–H and O–H groups in total. The number of amides is 4. The van der Waals surface area contributed by atoms with Crippen molar-refractivity contribution in [3.63, 3.8) is 0 Å². The van der Waals surface area contributed by atoms with Gasteiger partial charge in [-0.05, 0) is 73.6 Å². The van der Waals surface area contributed by atoms with E-state index in [4.69, 9.17) is 4.74 Å². The number of fused-ring (bicyclic) bond motifs is 4. The highest BCUT2D eigenvalue weighted by molar-refractivity contribution is 6.13. The van der Waals surface area contributed by atoms with Crippen molar-refractivity contribution in [2.75, 3.05) is 12.0 Å². The second kappa shape index (κ2) is 12.6. The van der Waals surface area contributed by atoms with Crippen LogP contribution in [-0.2, 0) is 31.1 Å². The molecule has 2 aliphatic heterocycles. The maximum absolute atomic E-state index is 15.3. The lowest BCUT2D eigenvalue weighted by Crippen LogP contribution is -2.53. The molecular weight excluding hydrogens is 642 g/mol. The molecule has 1 saturated carbocycles. The first-order valence-corrected chi connectivity index (χ1v) is 17.6. The van der Waals surface area contributed by atoms with Gasteiger partial charge in [0.1, 0.15) is 0 Å². The summed E-state index contributed by atoms with van der Waals surface area (Å²) in [4.78, 5) is 59.8. The topological polar surface area (TPSA) is 116 Å². The number of likely N-dealkylation sites (tertiary alicyclic amines) is 1. The molecule has 6 unspecified atom stereocenters. The Labute approximate surface area is 296 Å². The fourth-order valence-electron chi connectivity index (χ4n) is 9.09. The molecule has 51 heavy (non-hydrogen) atoms. The summed E-state index contributed by atoms with van der Waals surface area (Å²) in [5.41, 5.74) is 6.42. The van der Waals surface area contributed by atoms with Crippen molar-refractivity contribution in [1.29, 1.82) is 0 Å². The number of ether oxygens (including phenoxy) is 1. The second-order valence-electron chi connectivity index (χ2n) is 14.0. The largest absolute Gasteiger partial charge is 0.504 e. The highest BCUT2D eigenvalue weighted by Gasteiger charge is 2.70. The Hall–Kier alpha value is -5.70. The molecule has 4 aliphatic rings. The quantitative estimate of drug-likeness (QED) is 0.166. The highest BCUT2D eigenvalue weighted by Crippen LogP contribution is 2.64. The number of phenols is 1. The van der Waals surface area contributed by atoms with Crippen LogP contribution in [0.5, 0.6) is 11.5 Å². The molecule has 2 aliphatic carbocycles. The van der Waals surface area contributed by atoms with Gasteiger partial charge in [0.2, 0.25) is 11.8 Å². The molecule has 2 heterocycles. The minimum atomic E-state index is -1.40. The van der Waals surface area contributed by atoms with Crippen molar-refractivity contribution in [2.24, 2.45) is 23.7 Å². The summed E-state index contributed by atoms with van der Waals surface area (Å²) in [7, 11) is 0. The van der Waals surface area contributed by atoms with Crippen molar-refractivity contribution >= 4 is 29.3 Å². The fourth-order valence-corrected chi connectivity index (χ4v) is 9.09. The first-order chi connectivity index (χ1) is 24.7. The summed E-state index contributed by atoms with van der Waals surface area (Å²) >= 11 is 0. The highest BCUT2D eigenvalue weighted by atomic mass is 16.5. The smallest absolute Gasteiger partial charge is 0.260 e. The molecule has 8 rings (SSSR count). The number of imide groups is 2. The lowest BCUT2D eigenvalue weighted by Gasteiger charge is -2.50. The number of aromatic hydroxyl groups is 1. The minimum absolute atomic E-state index is 0.0411. The Morgan fingerprint density at radius 3 is 2.25 bits per heavy atom. The average molecular weight is 682 g/mol. The van der Waals surface area contributed by atoms with Crippen LogP contribution in [0, 0.1) is 30.6 Å². The van der Waals surface area contributed by atoms with Crippen molar-refractivity contribution in [1.82, 2.24) is 9.91 Å². The number of aryl methyl sites for hydroxylation is 1. The van der Waals surface area contributed by atoms with Gasteiger partial charge in [-0.15, -0.1) is 0 Å². The van der Waals surface area contributed by atoms with Crippen molar-refractivity contribution in [3.8, 4) is 11.5 Å². The molecule has 9 heteroatoms. The summed E-state index contributed by atoms with van der Waals surface area (Å²) in [6, 6.07) is 31.4. The molecule has 4 aromatic carbocycles. The molecule has 4 aromatic rings. The fraction of sp³-hybridized carbons (Fsp3) is 0.286. The van der Waals surface area contributed by atoms with E-state index >= 15 is 4.79 Å². The summed E-state index contributed by atoms with van der Waals surface area (Å²) in [6.45, 7) is 4.27. The minimum Gasteiger partial charge on any atom is -0.504 e. The molecule has 0 aromatic heterocycles. The molecule has 6 atom stereocenters. The van der Waals surface area contributed by atoms with Gasteiger partial charge in [-0.25, -0.2) is 0 Å². The van der Waals surface area contributed by atoms with Gasteiger partial charge in [0, 0.05) is 5.92 Å². The van der Waals surface area contributed by atoms with Crippen molar-refractivity contribution < 1.29 is 29.0 Å². The van der Waals surface area contributed by atoms with Crippen LogP contribution >= 0.6 is 0 Å². The number of hydrazine groups is 1. The van der Waals surface area contributed by atoms with Crippen molar-refractivity contribution in [2.45, 2.75) is 44.6 Å². The van der Waals surface area contributed by atoms with E-state index in [0.717, 1.165) is 21.7 Å². The first-order valence-electron chi connectivity index (χ1n) is 17.6. The van der Waals surface area contributed by atoms with E-state index in [1.165, 1.54) is 4.90 Å². The number of nitrogens with one attached hydrogen (secondary N) is 1. The van der Waals surface area contributed by atoms with Gasteiger partial charge < -0.3 is 9.84 Å². The maximum Gasteiger partial charge on any atom is 0.260 e. The van der Waals surface area contributed by atoms with Crippen LogP contribution in [0.1, 0.15) is 47.9 Å². The zero-order chi connectivity index (χ0) is 35.4. The Morgan fingerprint density at radius 1 is 0.843 bits per heavy atom. The van der Waals surface area contributed by atoms with E-state index in [0.29, 0.717) is 29.8 Å². The number of rotatable bonds is 8. The molecule has 258 valence electrons. The molecular formula is C42H39N3O6. The van der Waals surface area contributed by atoms with Gasteiger partial charge in [-0.2, -0.15) is 5.01 Å². The summed E-state index contributed by atoms with van der Waals surface area (Å²) in [5.74, 6) is -4.33. The predicted molar refractivity (Wildman–Crippen MR) is 190 cm³/mol. The van der Waals surface area contributed by atoms with E-state index in [1.807, 2.05) is 105 Å². The van der Waals surface area contributed by atoms with E-state index in [-0.39, 0.29) is 36.3 Å². The van der Waals surface area contributed by atoms with Gasteiger partial charge in [0.05, 0.1) is 42.0 Å². The van der Waals surface area contributed by atoms with Crippen molar-refractivity contribution in [3.05, 3.63) is 137 Å². The molecule has 0 spiro atoms. The number of anilines is 1. The van der Waals surface area contributed by atoms with Gasteiger partial charge in [-0.1, -0.05) is 96.1 Å². The van der Waals surface area contributed by atoms with E-state index in [1.54, 1.807) is 18.2 Å². The summed E-state index contributed by atoms with van der Waals surface area (Å²) in [5, 5.41) is 11.9. The Bertz CT molecular complexity index is 2060. The van der Waals surface area contributed by atoms with Crippen LogP contribution in [0.25, 0.3) is 0 Å². The SMILES string of the molecule is CCOc1cc(C2C3=CCC4C(=O)N(Cc5ccccc5)C(=O)C4C3CC3C(=O)N(Nc4ccc(C)cc4)C(=O)C32c2ccccc2)ccc1O. The number of benzene rings is 4. The average Bonchev–Trinajstić information content (AvgIpc) is 3.51. The normalized spacial score (nSPS) is 26.8. The third kappa shape index (κ3) is 5.05. The third-order valence-electron chi connectivity index (χ3n) is 11.3. The standard InChI is InChI=1S/C42H39N3O6/c1-3-51-35-22-27(16-21-34(35)46)37-30-19-20-31-36(40(49)44(38(31)47)24-26-10-6-4-7-11-26)32(30)23-33-39(48)45(43-29-17-14-25(2)15-18-29)41(50)42(33,37)28-12-8-5-9-13-28/h4-19,21-22,31-33,36-37,43,46H,3,20,23-24H2,1-2H3. The first kappa shape index (κ1) is 32.5. The Balaban J connectivity index is 1.30. The number of phenolic OH excluding ortho intramolecular Hbond substituents is 1. The zero-order valence-electron chi connectivity index (χ0n) is 28.5. The number of nitrogens with zero attached hydrogens (tertiary/aromatic N) is 2. The monoisotopic (exact) mass is 681 g/mol. The predicted octanol–water partition coefficient (Wildman–Crippen LogP) is 6.28. The molecule has 0 bridgehead atoms. The number of hydrogen-bond acceptors (Lipinski definition) is 7. The van der Waals surface area contributed by atoms with Gasteiger partial charge in [0.25, 0.3) is 11.8 Å². The zero-order valence-corrected chi connectivity index (χ0v) is 28.5. The van der Waals surface area contributed by atoms with E-state index < -0.39 is 46.8 Å². The van der Waals surface area contributed by atoms with Gasteiger partial charge in [0.15, 0.2) is 11.5 Å². The molecule has 0 radical (unpaired) electrons. The molecule has 2 saturated heterocycles. The van der Waals surface area contributed by atoms with E-state index in [2.05, 4.69) is 5.43 Å². The van der Waals surface area contributed by atoms with Gasteiger partial charge in [-0.3, -0.25) is 29.5 Å². The number of hydrogen-bond donors (Lipinski definition) is 2. The third-order valence-corrected chi connectivity index (χ3v) is 11.3. The number of carbonyl (C=O) groups is 4. The summed E-state index contributed by atoms with van der Waals surface area (Å²) in [6.07, 6.45) is 2.58.